The van der Waals surface area contributed by atoms with E-state index in [1.54, 1.807) is 0 Å². The van der Waals surface area contributed by atoms with Gasteiger partial charge >= 0.3 is 5.97 Å². The Kier molecular flexibility index (Phi) is 3.01. The Morgan fingerprint density at radius 1 is 1.12 bits per heavy atom. The quantitative estimate of drug-likeness (QED) is 0.716. The standard InChI is InChI=1S/C14H25NO2/c1-12(2,3)17-11(16)14(15)9-13(10-14)7-5-4-6-8-13/h4-10,15H2,1-3H3. The van der Waals surface area contributed by atoms with Gasteiger partial charge in [0.1, 0.15) is 11.1 Å². The van der Waals surface area contributed by atoms with Crippen molar-refractivity contribution in [1.82, 2.24) is 0 Å². The van der Waals surface area contributed by atoms with Crippen LogP contribution in [0.4, 0.5) is 0 Å². The number of rotatable bonds is 1. The molecule has 0 atom stereocenters. The van der Waals surface area contributed by atoms with Crippen molar-refractivity contribution in [3.05, 3.63) is 0 Å². The molecule has 2 rings (SSSR count). The average Bonchev–Trinajstić information content (AvgIpc) is 2.14. The van der Waals surface area contributed by atoms with E-state index >= 15 is 0 Å². The van der Waals surface area contributed by atoms with E-state index in [1.165, 1.54) is 32.1 Å². The Bertz CT molecular complexity index is 303. The van der Waals surface area contributed by atoms with Gasteiger partial charge in [-0.05, 0) is 51.9 Å². The van der Waals surface area contributed by atoms with Crippen LogP contribution in [-0.4, -0.2) is 17.1 Å². The van der Waals surface area contributed by atoms with E-state index in [1.807, 2.05) is 20.8 Å². The van der Waals surface area contributed by atoms with Crippen molar-refractivity contribution in [3.8, 4) is 0 Å². The molecule has 2 fully saturated rings. The Balaban J connectivity index is 1.93. The van der Waals surface area contributed by atoms with E-state index in [4.69, 9.17) is 10.5 Å². The third kappa shape index (κ3) is 2.65. The predicted molar refractivity (Wildman–Crippen MR) is 67.5 cm³/mol. The molecule has 0 unspecified atom stereocenters. The van der Waals surface area contributed by atoms with Gasteiger partial charge in [0.2, 0.25) is 0 Å². The van der Waals surface area contributed by atoms with Gasteiger partial charge < -0.3 is 10.5 Å². The third-order valence-corrected chi connectivity index (χ3v) is 4.10. The predicted octanol–water partition coefficient (Wildman–Crippen LogP) is 2.77. The summed E-state index contributed by atoms with van der Waals surface area (Å²) in [5, 5.41) is 0. The number of carbonyl (C=O) groups is 1. The average molecular weight is 239 g/mol. The minimum Gasteiger partial charge on any atom is -0.459 e. The lowest BCUT2D eigenvalue weighted by atomic mass is 9.52. The molecule has 0 aromatic rings. The summed E-state index contributed by atoms with van der Waals surface area (Å²) in [6.07, 6.45) is 8.08. The molecule has 3 nitrogen and oxygen atoms in total. The van der Waals surface area contributed by atoms with Gasteiger partial charge in [0, 0.05) is 0 Å². The van der Waals surface area contributed by atoms with Crippen LogP contribution >= 0.6 is 0 Å². The number of carbonyl (C=O) groups excluding carboxylic acids is 1. The fraction of sp³-hybridized carbons (Fsp3) is 0.929. The lowest BCUT2D eigenvalue weighted by molar-refractivity contribution is -0.173. The van der Waals surface area contributed by atoms with Gasteiger partial charge in [-0.1, -0.05) is 19.3 Å². The van der Waals surface area contributed by atoms with Gasteiger partial charge in [-0.15, -0.1) is 0 Å². The molecule has 17 heavy (non-hydrogen) atoms. The molecule has 0 aromatic carbocycles. The van der Waals surface area contributed by atoms with Gasteiger partial charge in [-0.3, -0.25) is 4.79 Å². The summed E-state index contributed by atoms with van der Waals surface area (Å²) in [6.45, 7) is 5.68. The van der Waals surface area contributed by atoms with Crippen molar-refractivity contribution in [2.75, 3.05) is 0 Å². The van der Waals surface area contributed by atoms with Crippen molar-refractivity contribution in [1.29, 1.82) is 0 Å². The molecule has 0 radical (unpaired) electrons. The number of hydrogen-bond donors (Lipinski definition) is 1. The fourth-order valence-electron chi connectivity index (χ4n) is 3.47. The monoisotopic (exact) mass is 239 g/mol. The maximum absolute atomic E-state index is 12.0. The highest BCUT2D eigenvalue weighted by Crippen LogP contribution is 2.56. The van der Waals surface area contributed by atoms with Crippen LogP contribution in [0.3, 0.4) is 0 Å². The molecule has 0 amide bonds. The second-order valence-corrected chi connectivity index (χ2v) is 7.07. The lowest BCUT2D eigenvalue weighted by Gasteiger charge is -2.55. The first-order valence-corrected chi connectivity index (χ1v) is 6.77. The van der Waals surface area contributed by atoms with E-state index in [-0.39, 0.29) is 5.97 Å². The molecule has 2 saturated carbocycles. The van der Waals surface area contributed by atoms with Crippen LogP contribution in [0.15, 0.2) is 0 Å². The van der Waals surface area contributed by atoms with Crippen molar-refractivity contribution < 1.29 is 9.53 Å². The van der Waals surface area contributed by atoms with Crippen molar-refractivity contribution in [3.63, 3.8) is 0 Å². The molecular formula is C14H25NO2. The Labute approximate surface area is 104 Å². The summed E-state index contributed by atoms with van der Waals surface area (Å²) in [4.78, 5) is 12.0. The zero-order valence-electron chi connectivity index (χ0n) is 11.3. The van der Waals surface area contributed by atoms with Crippen molar-refractivity contribution in [2.45, 2.75) is 76.9 Å². The minimum absolute atomic E-state index is 0.207. The summed E-state index contributed by atoms with van der Waals surface area (Å²) in [5.41, 5.74) is 5.41. The molecule has 0 aromatic heterocycles. The molecule has 1 spiro atoms. The largest absolute Gasteiger partial charge is 0.459 e. The van der Waals surface area contributed by atoms with Gasteiger partial charge in [0.25, 0.3) is 0 Å². The van der Waals surface area contributed by atoms with E-state index in [0.29, 0.717) is 5.41 Å². The molecule has 0 aliphatic heterocycles. The van der Waals surface area contributed by atoms with Gasteiger partial charge in [-0.2, -0.15) is 0 Å². The molecule has 3 heteroatoms. The van der Waals surface area contributed by atoms with E-state index in [2.05, 4.69) is 0 Å². The zero-order valence-corrected chi connectivity index (χ0v) is 11.3. The second-order valence-electron chi connectivity index (χ2n) is 7.07. The Morgan fingerprint density at radius 2 is 1.65 bits per heavy atom. The van der Waals surface area contributed by atoms with Crippen LogP contribution in [-0.2, 0) is 9.53 Å². The Hall–Kier alpha value is -0.570. The number of ether oxygens (including phenoxy) is 1. The molecule has 98 valence electrons. The summed E-state index contributed by atoms with van der Waals surface area (Å²) in [7, 11) is 0. The van der Waals surface area contributed by atoms with Gasteiger partial charge in [-0.25, -0.2) is 0 Å². The van der Waals surface area contributed by atoms with Gasteiger partial charge in [0.15, 0.2) is 0 Å². The highest BCUT2D eigenvalue weighted by Gasteiger charge is 2.57. The lowest BCUT2D eigenvalue weighted by Crippen LogP contribution is -2.64. The van der Waals surface area contributed by atoms with Crippen LogP contribution < -0.4 is 5.73 Å². The summed E-state index contributed by atoms with van der Waals surface area (Å²) >= 11 is 0. The summed E-state index contributed by atoms with van der Waals surface area (Å²) in [6, 6.07) is 0. The second kappa shape index (κ2) is 3.98. The molecule has 2 aliphatic carbocycles. The SMILES string of the molecule is CC(C)(C)OC(=O)C1(N)CC2(CCCCC2)C1. The van der Waals surface area contributed by atoms with Crippen LogP contribution in [0.5, 0.6) is 0 Å². The van der Waals surface area contributed by atoms with Crippen LogP contribution in [0.25, 0.3) is 0 Å². The van der Waals surface area contributed by atoms with Crippen LogP contribution in [0.2, 0.25) is 0 Å². The van der Waals surface area contributed by atoms with Crippen molar-refractivity contribution >= 4 is 5.97 Å². The maximum Gasteiger partial charge on any atom is 0.326 e. The van der Waals surface area contributed by atoms with E-state index < -0.39 is 11.1 Å². The molecular weight excluding hydrogens is 214 g/mol. The van der Waals surface area contributed by atoms with Crippen LogP contribution in [0.1, 0.15) is 65.7 Å². The first-order valence-electron chi connectivity index (χ1n) is 6.77. The van der Waals surface area contributed by atoms with Crippen molar-refractivity contribution in [2.24, 2.45) is 11.1 Å². The first-order chi connectivity index (χ1) is 7.75. The first kappa shape index (κ1) is 12.9. The number of hydrogen-bond acceptors (Lipinski definition) is 3. The maximum atomic E-state index is 12.0. The van der Waals surface area contributed by atoms with Gasteiger partial charge in [0.05, 0.1) is 0 Å². The van der Waals surface area contributed by atoms with E-state index in [9.17, 15) is 4.79 Å². The molecule has 2 N–H and O–H groups in total. The number of nitrogens with two attached hydrogens (primary N) is 1. The summed E-state index contributed by atoms with van der Waals surface area (Å²) in [5.74, 6) is -0.207. The minimum atomic E-state index is -0.704. The molecule has 0 saturated heterocycles. The smallest absolute Gasteiger partial charge is 0.326 e. The fourth-order valence-corrected chi connectivity index (χ4v) is 3.47. The highest BCUT2D eigenvalue weighted by molar-refractivity contribution is 5.82. The Morgan fingerprint density at radius 3 is 2.12 bits per heavy atom. The third-order valence-electron chi connectivity index (χ3n) is 4.10. The molecule has 0 heterocycles. The van der Waals surface area contributed by atoms with E-state index in [0.717, 1.165) is 12.8 Å². The topological polar surface area (TPSA) is 52.3 Å². The normalized spacial score (nSPS) is 26.4. The molecule has 2 aliphatic rings. The molecule has 0 bridgehead atoms. The number of esters is 1. The zero-order chi connectivity index (χ0) is 12.7. The summed E-state index contributed by atoms with van der Waals surface area (Å²) < 4.78 is 5.41. The highest BCUT2D eigenvalue weighted by atomic mass is 16.6. The van der Waals surface area contributed by atoms with Crippen LogP contribution in [0, 0.1) is 5.41 Å².